The maximum absolute atomic E-state index is 8.98. The Kier molecular flexibility index (Phi) is 3.50. The lowest BCUT2D eigenvalue weighted by Gasteiger charge is -2.37. The van der Waals surface area contributed by atoms with Gasteiger partial charge in [0, 0.05) is 13.0 Å². The molecule has 0 aromatic heterocycles. The molecule has 1 aliphatic heterocycles. The topological polar surface area (TPSA) is 38.7 Å². The standard InChI is InChI=1S/C9H18O3/c1-6-4-7(2)9(11-3)12-8(6)5-10/h6-10H,4-5H2,1-3H3. The molecule has 12 heavy (non-hydrogen) atoms. The van der Waals surface area contributed by atoms with Crippen LogP contribution < -0.4 is 0 Å². The highest BCUT2D eigenvalue weighted by Crippen LogP contribution is 2.29. The molecule has 1 saturated heterocycles. The average molecular weight is 174 g/mol. The highest BCUT2D eigenvalue weighted by molar-refractivity contribution is 4.76. The molecule has 1 fully saturated rings. The molecule has 4 atom stereocenters. The monoisotopic (exact) mass is 174 g/mol. The van der Waals surface area contributed by atoms with E-state index in [-0.39, 0.29) is 19.0 Å². The number of hydrogen-bond acceptors (Lipinski definition) is 3. The summed E-state index contributed by atoms with van der Waals surface area (Å²) in [6.07, 6.45) is 0.869. The summed E-state index contributed by atoms with van der Waals surface area (Å²) in [4.78, 5) is 0. The van der Waals surface area contributed by atoms with E-state index in [1.807, 2.05) is 0 Å². The summed E-state index contributed by atoms with van der Waals surface area (Å²) >= 11 is 0. The third kappa shape index (κ3) is 1.97. The van der Waals surface area contributed by atoms with Crippen LogP contribution in [-0.4, -0.2) is 31.2 Å². The number of rotatable bonds is 2. The second-order valence-corrected chi connectivity index (χ2v) is 3.65. The lowest BCUT2D eigenvalue weighted by Crippen LogP contribution is -2.41. The van der Waals surface area contributed by atoms with Crippen LogP contribution in [0.4, 0.5) is 0 Å². The SMILES string of the molecule is COC1OC(CO)C(C)CC1C. The Morgan fingerprint density at radius 2 is 2.08 bits per heavy atom. The minimum absolute atomic E-state index is 0.0499. The molecule has 0 aliphatic carbocycles. The van der Waals surface area contributed by atoms with Gasteiger partial charge in [-0.25, -0.2) is 0 Å². The molecule has 3 nitrogen and oxygen atoms in total. The van der Waals surface area contributed by atoms with Gasteiger partial charge in [-0.15, -0.1) is 0 Å². The molecule has 1 heterocycles. The van der Waals surface area contributed by atoms with Gasteiger partial charge in [0.15, 0.2) is 6.29 Å². The molecule has 1 aliphatic rings. The van der Waals surface area contributed by atoms with Crippen molar-refractivity contribution in [2.45, 2.75) is 32.7 Å². The summed E-state index contributed by atoms with van der Waals surface area (Å²) in [5.74, 6) is 0.851. The van der Waals surface area contributed by atoms with E-state index in [1.165, 1.54) is 0 Å². The normalized spacial score (nSPS) is 43.0. The molecule has 0 aromatic carbocycles. The first-order chi connectivity index (χ1) is 5.69. The van der Waals surface area contributed by atoms with Crippen molar-refractivity contribution in [1.29, 1.82) is 0 Å². The van der Waals surface area contributed by atoms with Crippen LogP contribution in [0.2, 0.25) is 0 Å². The van der Waals surface area contributed by atoms with Crippen molar-refractivity contribution in [2.75, 3.05) is 13.7 Å². The van der Waals surface area contributed by atoms with Crippen LogP contribution in [0, 0.1) is 11.8 Å². The zero-order chi connectivity index (χ0) is 9.14. The van der Waals surface area contributed by atoms with E-state index < -0.39 is 0 Å². The largest absolute Gasteiger partial charge is 0.394 e. The Morgan fingerprint density at radius 1 is 1.42 bits per heavy atom. The smallest absolute Gasteiger partial charge is 0.160 e. The molecule has 1 N–H and O–H groups in total. The minimum atomic E-state index is -0.140. The molecule has 0 amide bonds. The summed E-state index contributed by atoms with van der Waals surface area (Å²) in [5.41, 5.74) is 0. The lowest BCUT2D eigenvalue weighted by atomic mass is 9.89. The Hall–Kier alpha value is -0.120. The van der Waals surface area contributed by atoms with Crippen LogP contribution >= 0.6 is 0 Å². The van der Waals surface area contributed by atoms with Crippen LogP contribution in [0.25, 0.3) is 0 Å². The molecule has 72 valence electrons. The fourth-order valence-electron chi connectivity index (χ4n) is 1.80. The maximum atomic E-state index is 8.98. The van der Waals surface area contributed by atoms with Gasteiger partial charge in [0.05, 0.1) is 12.7 Å². The Labute approximate surface area is 73.7 Å². The quantitative estimate of drug-likeness (QED) is 0.679. The number of hydrogen-bond donors (Lipinski definition) is 1. The van der Waals surface area contributed by atoms with Gasteiger partial charge in [0.25, 0.3) is 0 Å². The number of ether oxygens (including phenoxy) is 2. The minimum Gasteiger partial charge on any atom is -0.394 e. The van der Waals surface area contributed by atoms with Gasteiger partial charge in [0.1, 0.15) is 0 Å². The summed E-state index contributed by atoms with van der Waals surface area (Å²) in [7, 11) is 1.64. The molecule has 0 radical (unpaired) electrons. The molecule has 0 spiro atoms. The predicted octanol–water partition coefficient (Wildman–Crippen LogP) is 1.01. The molecule has 0 saturated carbocycles. The molecule has 1 rings (SSSR count). The fraction of sp³-hybridized carbons (Fsp3) is 1.00. The van der Waals surface area contributed by atoms with Gasteiger partial charge in [-0.1, -0.05) is 13.8 Å². The Balaban J connectivity index is 2.50. The van der Waals surface area contributed by atoms with Crippen molar-refractivity contribution >= 4 is 0 Å². The Bertz CT molecular complexity index is 124. The highest BCUT2D eigenvalue weighted by atomic mass is 16.7. The lowest BCUT2D eigenvalue weighted by molar-refractivity contribution is -0.227. The van der Waals surface area contributed by atoms with Crippen LogP contribution in [0.5, 0.6) is 0 Å². The third-order valence-electron chi connectivity index (χ3n) is 2.56. The second-order valence-electron chi connectivity index (χ2n) is 3.65. The van der Waals surface area contributed by atoms with Gasteiger partial charge >= 0.3 is 0 Å². The predicted molar refractivity (Wildman–Crippen MR) is 45.7 cm³/mol. The molecule has 3 heteroatoms. The summed E-state index contributed by atoms with van der Waals surface area (Å²) in [6.45, 7) is 4.30. The van der Waals surface area contributed by atoms with E-state index in [4.69, 9.17) is 14.6 Å². The van der Waals surface area contributed by atoms with Gasteiger partial charge in [-0.05, 0) is 12.3 Å². The molecule has 0 aromatic rings. The van der Waals surface area contributed by atoms with Crippen molar-refractivity contribution in [3.05, 3.63) is 0 Å². The van der Waals surface area contributed by atoms with Crippen LogP contribution in [0.3, 0.4) is 0 Å². The molecule has 4 unspecified atom stereocenters. The number of aliphatic hydroxyl groups is 1. The second kappa shape index (κ2) is 4.21. The van der Waals surface area contributed by atoms with Crippen LogP contribution in [0.1, 0.15) is 20.3 Å². The van der Waals surface area contributed by atoms with Crippen molar-refractivity contribution in [3.8, 4) is 0 Å². The number of aliphatic hydroxyl groups excluding tert-OH is 1. The van der Waals surface area contributed by atoms with Gasteiger partial charge in [0.2, 0.25) is 0 Å². The molecule has 0 bridgehead atoms. The third-order valence-corrected chi connectivity index (χ3v) is 2.56. The van der Waals surface area contributed by atoms with E-state index in [2.05, 4.69) is 13.8 Å². The zero-order valence-electron chi connectivity index (χ0n) is 7.99. The highest BCUT2D eigenvalue weighted by Gasteiger charge is 2.32. The van der Waals surface area contributed by atoms with Gasteiger partial charge in [-0.3, -0.25) is 0 Å². The van der Waals surface area contributed by atoms with E-state index >= 15 is 0 Å². The fourth-order valence-corrected chi connectivity index (χ4v) is 1.80. The maximum Gasteiger partial charge on any atom is 0.160 e. The van der Waals surface area contributed by atoms with Crippen molar-refractivity contribution in [2.24, 2.45) is 11.8 Å². The van der Waals surface area contributed by atoms with E-state index in [0.29, 0.717) is 11.8 Å². The summed E-state index contributed by atoms with van der Waals surface area (Å²) in [6, 6.07) is 0. The van der Waals surface area contributed by atoms with E-state index in [0.717, 1.165) is 6.42 Å². The van der Waals surface area contributed by atoms with E-state index in [9.17, 15) is 0 Å². The van der Waals surface area contributed by atoms with Crippen LogP contribution in [0.15, 0.2) is 0 Å². The first kappa shape index (κ1) is 9.96. The van der Waals surface area contributed by atoms with E-state index in [1.54, 1.807) is 7.11 Å². The summed E-state index contributed by atoms with van der Waals surface area (Å²) < 4.78 is 10.7. The van der Waals surface area contributed by atoms with Crippen molar-refractivity contribution < 1.29 is 14.6 Å². The first-order valence-electron chi connectivity index (χ1n) is 4.48. The molecular weight excluding hydrogens is 156 g/mol. The van der Waals surface area contributed by atoms with Crippen LogP contribution in [-0.2, 0) is 9.47 Å². The zero-order valence-corrected chi connectivity index (χ0v) is 7.99. The van der Waals surface area contributed by atoms with Crippen molar-refractivity contribution in [3.63, 3.8) is 0 Å². The van der Waals surface area contributed by atoms with Gasteiger partial charge < -0.3 is 14.6 Å². The molecular formula is C9H18O3. The summed E-state index contributed by atoms with van der Waals surface area (Å²) in [5, 5.41) is 8.98. The first-order valence-corrected chi connectivity index (χ1v) is 4.48. The number of methoxy groups -OCH3 is 1. The van der Waals surface area contributed by atoms with Crippen molar-refractivity contribution in [1.82, 2.24) is 0 Å². The Morgan fingerprint density at radius 3 is 2.58 bits per heavy atom. The van der Waals surface area contributed by atoms with Gasteiger partial charge in [-0.2, -0.15) is 0 Å². The average Bonchev–Trinajstić information content (AvgIpc) is 2.05.